The number of amides is 2. The molecule has 0 bridgehead atoms. The molecule has 0 aliphatic heterocycles. The van der Waals surface area contributed by atoms with Gasteiger partial charge in [0.15, 0.2) is 0 Å². The Labute approximate surface area is 211 Å². The summed E-state index contributed by atoms with van der Waals surface area (Å²) in [6.07, 6.45) is 0.858. The van der Waals surface area contributed by atoms with Crippen LogP contribution in [-0.2, 0) is 29.0 Å². The van der Waals surface area contributed by atoms with Gasteiger partial charge in [0.05, 0.1) is 20.6 Å². The number of rotatable bonds is 11. The first-order valence-corrected chi connectivity index (χ1v) is 11.8. The Bertz CT molecular complexity index is 1100. The molecule has 3 aromatic rings. The van der Waals surface area contributed by atoms with Crippen molar-refractivity contribution in [1.29, 1.82) is 0 Å². The van der Waals surface area contributed by atoms with E-state index in [9.17, 15) is 9.59 Å². The van der Waals surface area contributed by atoms with Crippen LogP contribution in [0.4, 0.5) is 0 Å². The van der Waals surface area contributed by atoms with Gasteiger partial charge in [-0.3, -0.25) is 9.59 Å². The molecule has 0 unspecified atom stereocenters. The zero-order valence-electron chi connectivity index (χ0n) is 20.3. The molecule has 184 valence electrons. The number of benzene rings is 3. The smallest absolute Gasteiger partial charge is 0.242 e. The molecule has 35 heavy (non-hydrogen) atoms. The molecule has 0 heterocycles. The van der Waals surface area contributed by atoms with Crippen LogP contribution < -0.4 is 14.8 Å². The van der Waals surface area contributed by atoms with Crippen molar-refractivity contribution in [2.45, 2.75) is 32.4 Å². The predicted octanol–water partition coefficient (Wildman–Crippen LogP) is 4.68. The number of nitrogens with zero attached hydrogens (tertiary/aromatic N) is 1. The molecule has 2 amide bonds. The Morgan fingerprint density at radius 2 is 1.34 bits per heavy atom. The lowest BCUT2D eigenvalue weighted by Crippen LogP contribution is -2.48. The quantitative estimate of drug-likeness (QED) is 0.420. The Morgan fingerprint density at radius 1 is 0.829 bits per heavy atom. The fourth-order valence-corrected chi connectivity index (χ4v) is 3.78. The summed E-state index contributed by atoms with van der Waals surface area (Å²) in [6, 6.07) is 21.7. The van der Waals surface area contributed by atoms with Gasteiger partial charge in [0.1, 0.15) is 17.5 Å². The lowest BCUT2D eigenvalue weighted by Gasteiger charge is -2.29. The van der Waals surface area contributed by atoms with E-state index < -0.39 is 6.04 Å². The largest absolute Gasteiger partial charge is 0.497 e. The molecule has 0 spiro atoms. The molecule has 1 atom stereocenters. The van der Waals surface area contributed by atoms with Crippen LogP contribution in [0.1, 0.15) is 23.6 Å². The maximum Gasteiger partial charge on any atom is 0.242 e. The van der Waals surface area contributed by atoms with Crippen LogP contribution in [-0.4, -0.2) is 43.5 Å². The van der Waals surface area contributed by atoms with Crippen LogP contribution in [0.3, 0.4) is 0 Å². The lowest BCUT2D eigenvalue weighted by molar-refractivity contribution is -0.140. The van der Waals surface area contributed by atoms with Crippen molar-refractivity contribution in [2.24, 2.45) is 0 Å². The van der Waals surface area contributed by atoms with Crippen molar-refractivity contribution >= 4 is 23.4 Å². The summed E-state index contributed by atoms with van der Waals surface area (Å²) in [5.74, 6) is 1.19. The normalized spacial score (nSPS) is 11.4. The van der Waals surface area contributed by atoms with Crippen molar-refractivity contribution in [3.05, 3.63) is 94.5 Å². The second-order valence-corrected chi connectivity index (χ2v) is 8.67. The van der Waals surface area contributed by atoms with Crippen molar-refractivity contribution in [3.63, 3.8) is 0 Å². The maximum atomic E-state index is 13.3. The number of ether oxygens (including phenoxy) is 2. The number of methoxy groups -OCH3 is 2. The van der Waals surface area contributed by atoms with Gasteiger partial charge in [-0.25, -0.2) is 0 Å². The van der Waals surface area contributed by atoms with Gasteiger partial charge in [0, 0.05) is 18.1 Å². The molecule has 3 rings (SSSR count). The third-order valence-corrected chi connectivity index (χ3v) is 6.07. The zero-order chi connectivity index (χ0) is 25.2. The molecule has 7 heteroatoms. The van der Waals surface area contributed by atoms with Crippen LogP contribution in [0.2, 0.25) is 5.02 Å². The van der Waals surface area contributed by atoms with E-state index in [1.807, 2.05) is 60.7 Å². The fourth-order valence-electron chi connectivity index (χ4n) is 3.66. The Morgan fingerprint density at radius 3 is 1.89 bits per heavy atom. The standard InChI is InChI=1S/C28H31ClN2O4/c1-20(28(33)30-17-16-21-6-12-25(34-2)13-7-21)31(19-23-8-14-26(35-3)15-9-23)27(32)18-22-4-10-24(29)11-5-22/h4-15,20H,16-19H2,1-3H3,(H,30,33)/t20-/m0/s1. The SMILES string of the molecule is COc1ccc(CCNC(=O)[C@H](C)N(Cc2ccc(OC)cc2)C(=O)Cc2ccc(Cl)cc2)cc1. The number of nitrogens with one attached hydrogen (secondary N) is 1. The van der Waals surface area contributed by atoms with Gasteiger partial charge < -0.3 is 19.7 Å². The van der Waals surface area contributed by atoms with Crippen molar-refractivity contribution in [1.82, 2.24) is 10.2 Å². The molecule has 0 aliphatic carbocycles. The molecule has 0 saturated heterocycles. The Hall–Kier alpha value is -3.51. The van der Waals surface area contributed by atoms with Crippen LogP contribution in [0.5, 0.6) is 11.5 Å². The molecular formula is C28H31ClN2O4. The lowest BCUT2D eigenvalue weighted by atomic mass is 10.1. The molecule has 0 aliphatic rings. The molecule has 0 radical (unpaired) electrons. The first kappa shape index (κ1) is 26.1. The molecule has 1 N–H and O–H groups in total. The van der Waals surface area contributed by atoms with Gasteiger partial charge in [0.2, 0.25) is 11.8 Å². The number of hydrogen-bond acceptors (Lipinski definition) is 4. The van der Waals surface area contributed by atoms with E-state index >= 15 is 0 Å². The van der Waals surface area contributed by atoms with E-state index in [0.29, 0.717) is 24.5 Å². The Kier molecular flexibility index (Phi) is 9.56. The van der Waals surface area contributed by atoms with Gasteiger partial charge >= 0.3 is 0 Å². The summed E-state index contributed by atoms with van der Waals surface area (Å²) >= 11 is 5.98. The number of halogens is 1. The highest BCUT2D eigenvalue weighted by molar-refractivity contribution is 6.30. The minimum atomic E-state index is -0.646. The van der Waals surface area contributed by atoms with Crippen molar-refractivity contribution in [2.75, 3.05) is 20.8 Å². The monoisotopic (exact) mass is 494 g/mol. The molecule has 6 nitrogen and oxygen atoms in total. The average Bonchev–Trinajstić information content (AvgIpc) is 2.88. The van der Waals surface area contributed by atoms with E-state index in [1.165, 1.54) is 0 Å². The van der Waals surface area contributed by atoms with Crippen LogP contribution in [0.15, 0.2) is 72.8 Å². The third kappa shape index (κ3) is 7.76. The minimum absolute atomic E-state index is 0.138. The first-order chi connectivity index (χ1) is 16.9. The fraction of sp³-hybridized carbons (Fsp3) is 0.286. The Balaban J connectivity index is 1.67. The zero-order valence-corrected chi connectivity index (χ0v) is 21.0. The maximum absolute atomic E-state index is 13.3. The van der Waals surface area contributed by atoms with Gasteiger partial charge in [-0.15, -0.1) is 0 Å². The average molecular weight is 495 g/mol. The van der Waals surface area contributed by atoms with E-state index in [1.54, 1.807) is 38.2 Å². The van der Waals surface area contributed by atoms with Crippen LogP contribution in [0, 0.1) is 0 Å². The highest BCUT2D eigenvalue weighted by Gasteiger charge is 2.26. The predicted molar refractivity (Wildman–Crippen MR) is 138 cm³/mol. The molecule has 3 aromatic carbocycles. The summed E-state index contributed by atoms with van der Waals surface area (Å²) < 4.78 is 10.4. The molecule has 0 fully saturated rings. The summed E-state index contributed by atoms with van der Waals surface area (Å²) in [5.41, 5.74) is 2.84. The van der Waals surface area contributed by atoms with E-state index in [-0.39, 0.29) is 18.2 Å². The van der Waals surface area contributed by atoms with Crippen molar-refractivity contribution in [3.8, 4) is 11.5 Å². The van der Waals surface area contributed by atoms with Crippen molar-refractivity contribution < 1.29 is 19.1 Å². The number of carbonyl (C=O) groups is 2. The first-order valence-electron chi connectivity index (χ1n) is 11.5. The topological polar surface area (TPSA) is 67.9 Å². The van der Waals surface area contributed by atoms with Gasteiger partial charge in [-0.05, 0) is 66.4 Å². The highest BCUT2D eigenvalue weighted by atomic mass is 35.5. The molecular weight excluding hydrogens is 464 g/mol. The van der Waals surface area contributed by atoms with Gasteiger partial charge in [-0.1, -0.05) is 48.0 Å². The highest BCUT2D eigenvalue weighted by Crippen LogP contribution is 2.17. The summed E-state index contributed by atoms with van der Waals surface area (Å²) in [7, 11) is 3.23. The minimum Gasteiger partial charge on any atom is -0.497 e. The van der Waals surface area contributed by atoms with Gasteiger partial charge in [-0.2, -0.15) is 0 Å². The van der Waals surface area contributed by atoms with Gasteiger partial charge in [0.25, 0.3) is 0 Å². The van der Waals surface area contributed by atoms with E-state index in [4.69, 9.17) is 21.1 Å². The van der Waals surface area contributed by atoms with Crippen LogP contribution in [0.25, 0.3) is 0 Å². The molecule has 0 aromatic heterocycles. The van der Waals surface area contributed by atoms with E-state index in [2.05, 4.69) is 5.32 Å². The summed E-state index contributed by atoms with van der Waals surface area (Å²) in [6.45, 7) is 2.53. The molecule has 0 saturated carbocycles. The summed E-state index contributed by atoms with van der Waals surface area (Å²) in [5, 5.41) is 3.58. The second-order valence-electron chi connectivity index (χ2n) is 8.24. The number of hydrogen-bond donors (Lipinski definition) is 1. The third-order valence-electron chi connectivity index (χ3n) is 5.82. The van der Waals surface area contributed by atoms with E-state index in [0.717, 1.165) is 28.2 Å². The van der Waals surface area contributed by atoms with Crippen LogP contribution >= 0.6 is 11.6 Å². The second kappa shape index (κ2) is 12.8. The number of carbonyl (C=O) groups excluding carboxylic acids is 2. The summed E-state index contributed by atoms with van der Waals surface area (Å²) in [4.78, 5) is 27.9.